The first-order valence-corrected chi connectivity index (χ1v) is 4.41. The standard InChI is InChI=1S/C9H20N2O2/c1-7(11(5,6)13)8(12)10-9(2,3)4/h7H,1-6H3,(H,10,12)/t7-/m1/s1. The molecule has 0 saturated heterocycles. The lowest BCUT2D eigenvalue weighted by Crippen LogP contribution is -2.54. The molecule has 1 amide bonds. The van der Waals surface area contributed by atoms with Gasteiger partial charge in [0.05, 0.1) is 14.1 Å². The maximum Gasteiger partial charge on any atom is 0.278 e. The molecule has 0 spiro atoms. The predicted octanol–water partition coefficient (Wildman–Crippen LogP) is 0.864. The van der Waals surface area contributed by atoms with E-state index in [9.17, 15) is 10.0 Å². The number of likely N-dealkylation sites (N-methyl/N-ethyl adjacent to an activating group) is 1. The normalized spacial score (nSPS) is 15.3. The van der Waals surface area contributed by atoms with Crippen LogP contribution < -0.4 is 5.32 Å². The Morgan fingerprint density at radius 2 is 1.77 bits per heavy atom. The molecule has 4 nitrogen and oxygen atoms in total. The van der Waals surface area contributed by atoms with Gasteiger partial charge in [-0.1, -0.05) is 0 Å². The molecule has 0 heterocycles. The fourth-order valence-electron chi connectivity index (χ4n) is 0.756. The van der Waals surface area contributed by atoms with E-state index in [4.69, 9.17) is 0 Å². The third-order valence-corrected chi connectivity index (χ3v) is 1.81. The SMILES string of the molecule is C[C@H](C(=O)NC(C)(C)C)[N+](C)(C)[O-]. The minimum Gasteiger partial charge on any atom is -0.633 e. The topological polar surface area (TPSA) is 52.2 Å². The smallest absolute Gasteiger partial charge is 0.278 e. The Kier molecular flexibility index (Phi) is 3.47. The zero-order chi connectivity index (χ0) is 10.9. The molecule has 0 aliphatic heterocycles. The molecule has 0 aromatic carbocycles. The van der Waals surface area contributed by atoms with E-state index in [2.05, 4.69) is 5.32 Å². The van der Waals surface area contributed by atoms with Crippen molar-refractivity contribution >= 4 is 5.91 Å². The minimum atomic E-state index is -0.595. The second-order valence-electron chi connectivity index (χ2n) is 4.85. The average molecular weight is 188 g/mol. The van der Waals surface area contributed by atoms with Crippen LogP contribution in [-0.4, -0.2) is 36.2 Å². The van der Waals surface area contributed by atoms with Gasteiger partial charge in [-0.25, -0.2) is 0 Å². The molecule has 0 aliphatic rings. The molecule has 0 rings (SSSR count). The zero-order valence-corrected chi connectivity index (χ0v) is 9.34. The molecule has 0 radical (unpaired) electrons. The summed E-state index contributed by atoms with van der Waals surface area (Å²) in [5.41, 5.74) is -0.277. The van der Waals surface area contributed by atoms with Crippen LogP contribution in [0.25, 0.3) is 0 Å². The Morgan fingerprint density at radius 3 is 2.00 bits per heavy atom. The molecule has 0 fully saturated rings. The molecule has 0 aromatic rings. The van der Waals surface area contributed by atoms with Gasteiger partial charge in [0.25, 0.3) is 5.91 Å². The molecule has 0 unspecified atom stereocenters. The Hall–Kier alpha value is -0.610. The van der Waals surface area contributed by atoms with Gasteiger partial charge in [0.2, 0.25) is 0 Å². The van der Waals surface area contributed by atoms with E-state index >= 15 is 0 Å². The molecular formula is C9H20N2O2. The Bertz CT molecular complexity index is 189. The quantitative estimate of drug-likeness (QED) is 0.516. The van der Waals surface area contributed by atoms with Crippen LogP contribution in [0.5, 0.6) is 0 Å². The van der Waals surface area contributed by atoms with E-state index in [0.717, 1.165) is 0 Å². The molecule has 13 heavy (non-hydrogen) atoms. The molecule has 0 aromatic heterocycles. The first-order chi connectivity index (χ1) is 5.54. The van der Waals surface area contributed by atoms with Gasteiger partial charge < -0.3 is 15.2 Å². The fourth-order valence-corrected chi connectivity index (χ4v) is 0.756. The van der Waals surface area contributed by atoms with Crippen molar-refractivity contribution in [1.82, 2.24) is 5.32 Å². The second-order valence-corrected chi connectivity index (χ2v) is 4.85. The summed E-state index contributed by atoms with van der Waals surface area (Å²) < 4.78 is -0.595. The number of carbonyl (C=O) groups is 1. The van der Waals surface area contributed by atoms with E-state index < -0.39 is 10.7 Å². The molecular weight excluding hydrogens is 168 g/mol. The lowest BCUT2D eigenvalue weighted by atomic mass is 10.1. The summed E-state index contributed by atoms with van der Waals surface area (Å²) in [4.78, 5) is 11.5. The number of hydrogen-bond donors (Lipinski definition) is 1. The number of quaternary nitrogens is 1. The van der Waals surface area contributed by atoms with E-state index in [1.165, 1.54) is 14.1 Å². The van der Waals surface area contributed by atoms with E-state index in [0.29, 0.717) is 0 Å². The van der Waals surface area contributed by atoms with Crippen LogP contribution in [0.2, 0.25) is 0 Å². The van der Waals surface area contributed by atoms with Gasteiger partial charge in [-0.3, -0.25) is 4.79 Å². The molecule has 1 atom stereocenters. The van der Waals surface area contributed by atoms with Crippen LogP contribution in [0.3, 0.4) is 0 Å². The lowest BCUT2D eigenvalue weighted by molar-refractivity contribution is -0.854. The van der Waals surface area contributed by atoms with Gasteiger partial charge >= 0.3 is 0 Å². The number of nitrogens with one attached hydrogen (secondary N) is 1. The van der Waals surface area contributed by atoms with Gasteiger partial charge in [-0.2, -0.15) is 0 Å². The van der Waals surface area contributed by atoms with Gasteiger partial charge in [-0.15, -0.1) is 0 Å². The first kappa shape index (κ1) is 12.4. The number of hydroxylamine groups is 3. The van der Waals surface area contributed by atoms with Gasteiger partial charge in [-0.05, 0) is 27.7 Å². The monoisotopic (exact) mass is 188 g/mol. The van der Waals surface area contributed by atoms with Crippen molar-refractivity contribution in [2.24, 2.45) is 0 Å². The lowest BCUT2D eigenvalue weighted by Gasteiger charge is -2.39. The van der Waals surface area contributed by atoms with Crippen molar-refractivity contribution in [2.45, 2.75) is 39.3 Å². The van der Waals surface area contributed by atoms with Crippen molar-refractivity contribution in [1.29, 1.82) is 0 Å². The molecule has 0 aliphatic carbocycles. The third kappa shape index (κ3) is 4.85. The van der Waals surface area contributed by atoms with Crippen LogP contribution in [0.15, 0.2) is 0 Å². The highest BCUT2D eigenvalue weighted by Gasteiger charge is 2.26. The van der Waals surface area contributed by atoms with Crippen LogP contribution in [-0.2, 0) is 4.79 Å². The number of hydrogen-bond acceptors (Lipinski definition) is 2. The maximum absolute atomic E-state index is 11.5. The zero-order valence-electron chi connectivity index (χ0n) is 9.34. The van der Waals surface area contributed by atoms with Crippen LogP contribution >= 0.6 is 0 Å². The minimum absolute atomic E-state index is 0.201. The molecule has 78 valence electrons. The summed E-state index contributed by atoms with van der Waals surface area (Å²) in [7, 11) is 2.93. The molecule has 0 saturated carbocycles. The molecule has 1 N–H and O–H groups in total. The predicted molar refractivity (Wildman–Crippen MR) is 52.8 cm³/mol. The van der Waals surface area contributed by atoms with E-state index in [1.807, 2.05) is 20.8 Å². The number of carbonyl (C=O) groups excluding carboxylic acids is 1. The largest absolute Gasteiger partial charge is 0.633 e. The highest BCUT2D eigenvalue weighted by molar-refractivity contribution is 5.80. The van der Waals surface area contributed by atoms with Crippen molar-refractivity contribution in [3.63, 3.8) is 0 Å². The van der Waals surface area contributed by atoms with Crippen LogP contribution in [0, 0.1) is 5.21 Å². The molecule has 4 heteroatoms. The van der Waals surface area contributed by atoms with Crippen molar-refractivity contribution < 1.29 is 9.44 Å². The van der Waals surface area contributed by atoms with Gasteiger partial charge in [0, 0.05) is 5.54 Å². The van der Waals surface area contributed by atoms with Crippen molar-refractivity contribution in [3.8, 4) is 0 Å². The van der Waals surface area contributed by atoms with E-state index in [-0.39, 0.29) is 11.4 Å². The summed E-state index contributed by atoms with van der Waals surface area (Å²) in [6.07, 6.45) is 0. The summed E-state index contributed by atoms with van der Waals surface area (Å²) in [5, 5.41) is 14.2. The summed E-state index contributed by atoms with van der Waals surface area (Å²) in [6, 6.07) is -0.570. The van der Waals surface area contributed by atoms with Gasteiger partial charge in [0.15, 0.2) is 6.04 Å². The highest BCUT2D eigenvalue weighted by atomic mass is 16.5. The Labute approximate surface area is 80.1 Å². The number of rotatable bonds is 2. The summed E-state index contributed by atoms with van der Waals surface area (Å²) in [5.74, 6) is -0.201. The number of amides is 1. The number of nitrogens with zero attached hydrogens (tertiary/aromatic N) is 1. The highest BCUT2D eigenvalue weighted by Crippen LogP contribution is 2.06. The third-order valence-electron chi connectivity index (χ3n) is 1.81. The van der Waals surface area contributed by atoms with Crippen molar-refractivity contribution in [2.75, 3.05) is 14.1 Å². The van der Waals surface area contributed by atoms with Crippen LogP contribution in [0.1, 0.15) is 27.7 Å². The summed E-state index contributed by atoms with van der Waals surface area (Å²) in [6.45, 7) is 7.31. The fraction of sp³-hybridized carbons (Fsp3) is 0.889. The summed E-state index contributed by atoms with van der Waals surface area (Å²) >= 11 is 0. The maximum atomic E-state index is 11.5. The van der Waals surface area contributed by atoms with Crippen LogP contribution in [0.4, 0.5) is 0 Å². The first-order valence-electron chi connectivity index (χ1n) is 4.41. The molecule has 0 bridgehead atoms. The van der Waals surface area contributed by atoms with Crippen molar-refractivity contribution in [3.05, 3.63) is 5.21 Å². The Morgan fingerprint density at radius 1 is 1.38 bits per heavy atom. The van der Waals surface area contributed by atoms with Gasteiger partial charge in [0.1, 0.15) is 0 Å². The van der Waals surface area contributed by atoms with E-state index in [1.54, 1.807) is 6.92 Å². The Balaban J connectivity index is 4.30. The second kappa shape index (κ2) is 3.64. The average Bonchev–Trinajstić information content (AvgIpc) is 1.79.